The fourth-order valence-electron chi connectivity index (χ4n) is 0.882. The molecule has 4 heteroatoms. The Morgan fingerprint density at radius 2 is 2.08 bits per heavy atom. The van der Waals surface area contributed by atoms with Gasteiger partial charge in [-0.05, 0) is 30.7 Å². The van der Waals surface area contributed by atoms with E-state index in [1.807, 2.05) is 6.92 Å². The molecule has 0 saturated heterocycles. The second-order valence-corrected chi connectivity index (χ2v) is 2.94. The van der Waals surface area contributed by atoms with Gasteiger partial charge in [0.25, 0.3) is 0 Å². The summed E-state index contributed by atoms with van der Waals surface area (Å²) in [6.07, 6.45) is 0. The molecule has 0 N–H and O–H groups in total. The summed E-state index contributed by atoms with van der Waals surface area (Å²) in [5, 5.41) is 0.642. The number of hydrogen-bond acceptors (Lipinski definition) is 2. The molecule has 0 radical (unpaired) electrons. The molecule has 1 rings (SSSR count). The molecule has 0 unspecified atom stereocenters. The van der Waals surface area contributed by atoms with Crippen LogP contribution < -0.4 is 4.74 Å². The molecule has 0 aliphatic carbocycles. The number of ether oxygens (including phenoxy) is 1. The summed E-state index contributed by atoms with van der Waals surface area (Å²) in [6.45, 7) is 3.21. The quantitative estimate of drug-likeness (QED) is 0.401. The van der Waals surface area contributed by atoms with Gasteiger partial charge in [0, 0.05) is 11.9 Å². The standard InChI is InChI=1S/C9H9ClO2.Na.H/c1-6-5-8(10)3-4-9(6)12-7(2)11;;/h3-5H,1-2H3;;. The van der Waals surface area contributed by atoms with Gasteiger partial charge in [-0.1, -0.05) is 11.6 Å². The van der Waals surface area contributed by atoms with Crippen LogP contribution >= 0.6 is 11.6 Å². The first-order valence-electron chi connectivity index (χ1n) is 3.54. The molecule has 13 heavy (non-hydrogen) atoms. The van der Waals surface area contributed by atoms with Crippen LogP contribution in [0.2, 0.25) is 5.02 Å². The van der Waals surface area contributed by atoms with Gasteiger partial charge < -0.3 is 4.74 Å². The third-order valence-electron chi connectivity index (χ3n) is 1.39. The van der Waals surface area contributed by atoms with Crippen LogP contribution in [0.4, 0.5) is 0 Å². The van der Waals surface area contributed by atoms with Gasteiger partial charge in [-0.15, -0.1) is 0 Å². The minimum atomic E-state index is -0.319. The second kappa shape index (κ2) is 5.66. The van der Waals surface area contributed by atoms with Crippen molar-refractivity contribution in [1.29, 1.82) is 0 Å². The van der Waals surface area contributed by atoms with E-state index in [0.717, 1.165) is 5.56 Å². The van der Waals surface area contributed by atoms with Crippen LogP contribution in [0, 0.1) is 6.92 Å². The van der Waals surface area contributed by atoms with Gasteiger partial charge in [-0.3, -0.25) is 4.79 Å². The van der Waals surface area contributed by atoms with Crippen LogP contribution in [-0.4, -0.2) is 35.5 Å². The minimum absolute atomic E-state index is 0. The second-order valence-electron chi connectivity index (χ2n) is 2.50. The zero-order valence-corrected chi connectivity index (χ0v) is 7.68. The third kappa shape index (κ3) is 4.14. The van der Waals surface area contributed by atoms with Crippen molar-refractivity contribution in [2.24, 2.45) is 0 Å². The normalized spacial score (nSPS) is 8.85. The first kappa shape index (κ1) is 13.0. The van der Waals surface area contributed by atoms with Crippen LogP contribution in [0.25, 0.3) is 0 Å². The number of benzene rings is 1. The van der Waals surface area contributed by atoms with Crippen LogP contribution in [0.15, 0.2) is 18.2 Å². The monoisotopic (exact) mass is 208 g/mol. The third-order valence-corrected chi connectivity index (χ3v) is 1.63. The Kier molecular flexibility index (Phi) is 5.65. The van der Waals surface area contributed by atoms with Gasteiger partial charge in [-0.2, -0.15) is 0 Å². The summed E-state index contributed by atoms with van der Waals surface area (Å²) in [5.41, 5.74) is 0.859. The molecule has 0 bridgehead atoms. The number of rotatable bonds is 1. The SMILES string of the molecule is CC(=O)Oc1ccc(Cl)cc1C.[NaH]. The summed E-state index contributed by atoms with van der Waals surface area (Å²) >= 11 is 5.71. The van der Waals surface area contributed by atoms with Crippen LogP contribution in [0.3, 0.4) is 0 Å². The van der Waals surface area contributed by atoms with Gasteiger partial charge in [0.1, 0.15) is 5.75 Å². The Labute approximate surface area is 105 Å². The van der Waals surface area contributed by atoms with Crippen LogP contribution in [-0.2, 0) is 4.79 Å². The fourth-order valence-corrected chi connectivity index (χ4v) is 1.11. The van der Waals surface area contributed by atoms with E-state index in [1.165, 1.54) is 6.92 Å². The number of carbonyl (C=O) groups is 1. The summed E-state index contributed by atoms with van der Waals surface area (Å²) in [6, 6.07) is 5.12. The Balaban J connectivity index is 0.00000144. The molecule has 0 saturated carbocycles. The van der Waals surface area contributed by atoms with Crippen molar-refractivity contribution in [1.82, 2.24) is 0 Å². The van der Waals surface area contributed by atoms with E-state index in [9.17, 15) is 4.79 Å². The average molecular weight is 209 g/mol. The topological polar surface area (TPSA) is 26.3 Å². The molecule has 0 amide bonds. The van der Waals surface area contributed by atoms with Gasteiger partial charge in [0.05, 0.1) is 0 Å². The van der Waals surface area contributed by atoms with Crippen molar-refractivity contribution in [2.75, 3.05) is 0 Å². The van der Waals surface area contributed by atoms with Gasteiger partial charge >= 0.3 is 35.5 Å². The number of halogens is 1. The molecular weight excluding hydrogens is 199 g/mol. The number of hydrogen-bond donors (Lipinski definition) is 0. The van der Waals surface area contributed by atoms with E-state index in [1.54, 1.807) is 18.2 Å². The molecule has 0 spiro atoms. The molecule has 0 aliphatic rings. The van der Waals surface area contributed by atoms with Crippen molar-refractivity contribution in [3.8, 4) is 5.75 Å². The van der Waals surface area contributed by atoms with Crippen molar-refractivity contribution in [2.45, 2.75) is 13.8 Å². The van der Waals surface area contributed by atoms with Crippen LogP contribution in [0.1, 0.15) is 12.5 Å². The fraction of sp³-hybridized carbons (Fsp3) is 0.222. The maximum absolute atomic E-state index is 10.6. The Morgan fingerprint density at radius 1 is 1.46 bits per heavy atom. The molecule has 66 valence electrons. The van der Waals surface area contributed by atoms with E-state index >= 15 is 0 Å². The zero-order chi connectivity index (χ0) is 9.14. The van der Waals surface area contributed by atoms with Crippen molar-refractivity contribution in [3.63, 3.8) is 0 Å². The van der Waals surface area contributed by atoms with Gasteiger partial charge in [-0.25, -0.2) is 0 Å². The van der Waals surface area contributed by atoms with E-state index in [-0.39, 0.29) is 35.5 Å². The van der Waals surface area contributed by atoms with Gasteiger partial charge in [0.2, 0.25) is 0 Å². The van der Waals surface area contributed by atoms with Crippen molar-refractivity contribution in [3.05, 3.63) is 28.8 Å². The molecule has 1 aromatic rings. The molecule has 0 fully saturated rings. The zero-order valence-electron chi connectivity index (χ0n) is 6.93. The molecule has 0 aromatic heterocycles. The molecule has 0 aliphatic heterocycles. The maximum atomic E-state index is 10.6. The molecule has 2 nitrogen and oxygen atoms in total. The number of aryl methyl sites for hydroxylation is 1. The van der Waals surface area contributed by atoms with Crippen molar-refractivity contribution >= 4 is 47.1 Å². The number of carbonyl (C=O) groups excluding carboxylic acids is 1. The Hall–Kier alpha value is -0.0200. The van der Waals surface area contributed by atoms with Gasteiger partial charge in [0.15, 0.2) is 0 Å². The van der Waals surface area contributed by atoms with E-state index < -0.39 is 0 Å². The molecule has 0 atom stereocenters. The first-order valence-corrected chi connectivity index (χ1v) is 3.92. The Bertz CT molecular complexity index is 312. The molecule has 1 aromatic carbocycles. The molecular formula is C9H10ClNaO2. The van der Waals surface area contributed by atoms with Crippen molar-refractivity contribution < 1.29 is 9.53 Å². The van der Waals surface area contributed by atoms with Crippen LogP contribution in [0.5, 0.6) is 5.75 Å². The molecule has 0 heterocycles. The van der Waals surface area contributed by atoms with E-state index in [0.29, 0.717) is 10.8 Å². The summed E-state index contributed by atoms with van der Waals surface area (Å²) < 4.78 is 4.90. The predicted molar refractivity (Wildman–Crippen MR) is 54.6 cm³/mol. The predicted octanol–water partition coefficient (Wildman–Crippen LogP) is 1.93. The summed E-state index contributed by atoms with van der Waals surface area (Å²) in [7, 11) is 0. The first-order chi connectivity index (χ1) is 5.59. The van der Waals surface area contributed by atoms with E-state index in [4.69, 9.17) is 16.3 Å². The number of esters is 1. The Morgan fingerprint density at radius 3 is 2.54 bits per heavy atom. The average Bonchev–Trinajstić information content (AvgIpc) is 1.94. The van der Waals surface area contributed by atoms with E-state index in [2.05, 4.69) is 0 Å². The summed E-state index contributed by atoms with van der Waals surface area (Å²) in [4.78, 5) is 10.6. The summed E-state index contributed by atoms with van der Waals surface area (Å²) in [5.74, 6) is 0.243.